The van der Waals surface area contributed by atoms with Crippen LogP contribution in [0.5, 0.6) is 0 Å². The van der Waals surface area contributed by atoms with Crippen molar-refractivity contribution in [1.82, 2.24) is 0 Å². The van der Waals surface area contributed by atoms with Gasteiger partial charge in [-0.25, -0.2) is 0 Å². The van der Waals surface area contributed by atoms with Crippen molar-refractivity contribution in [3.63, 3.8) is 0 Å². The minimum absolute atomic E-state index is 0.597. The van der Waals surface area contributed by atoms with Crippen LogP contribution < -0.4 is 11.1 Å². The summed E-state index contributed by atoms with van der Waals surface area (Å²) in [5.41, 5.74) is 8.49. The predicted octanol–water partition coefficient (Wildman–Crippen LogP) is 3.90. The van der Waals surface area contributed by atoms with E-state index < -0.39 is 0 Å². The van der Waals surface area contributed by atoms with Crippen molar-refractivity contribution in [1.29, 1.82) is 0 Å². The second kappa shape index (κ2) is 4.76. The number of aryl methyl sites for hydroxylation is 1. The average Bonchev–Trinajstić information content (AvgIpc) is 2.74. The van der Waals surface area contributed by atoms with Crippen LogP contribution in [0.25, 0.3) is 0 Å². The van der Waals surface area contributed by atoms with Gasteiger partial charge >= 0.3 is 0 Å². The van der Waals surface area contributed by atoms with E-state index in [2.05, 4.69) is 16.8 Å². The summed E-state index contributed by atoms with van der Waals surface area (Å²) in [6, 6.07) is 7.91. The summed E-state index contributed by atoms with van der Waals surface area (Å²) in [5, 5.41) is 6.02. The molecule has 3 N–H and O–H groups in total. The van der Waals surface area contributed by atoms with Crippen LogP contribution in [0.2, 0.25) is 5.02 Å². The Morgan fingerprint density at radius 1 is 1.44 bits per heavy atom. The monoisotopic (exact) mass is 252 g/mol. The molecule has 0 aliphatic carbocycles. The lowest BCUT2D eigenvalue weighted by atomic mass is 10.2. The lowest BCUT2D eigenvalue weighted by molar-refractivity contribution is 1.18. The first-order valence-electron chi connectivity index (χ1n) is 4.98. The second-order valence-electron chi connectivity index (χ2n) is 3.62. The highest BCUT2D eigenvalue weighted by molar-refractivity contribution is 7.09. The highest BCUT2D eigenvalue weighted by Crippen LogP contribution is 2.27. The van der Waals surface area contributed by atoms with E-state index in [1.807, 2.05) is 25.1 Å². The maximum absolute atomic E-state index is 5.98. The van der Waals surface area contributed by atoms with Crippen molar-refractivity contribution >= 4 is 34.3 Å². The van der Waals surface area contributed by atoms with Gasteiger partial charge in [-0.3, -0.25) is 0 Å². The molecule has 0 unspecified atom stereocenters. The quantitative estimate of drug-likeness (QED) is 0.813. The predicted molar refractivity (Wildman–Crippen MR) is 72.2 cm³/mol. The Morgan fingerprint density at radius 3 is 2.94 bits per heavy atom. The van der Waals surface area contributed by atoms with Crippen LogP contribution in [0.15, 0.2) is 29.6 Å². The summed E-state index contributed by atoms with van der Waals surface area (Å²) in [6.07, 6.45) is 0. The Kier molecular flexibility index (Phi) is 3.36. The maximum atomic E-state index is 5.98. The number of anilines is 2. The zero-order valence-electron chi connectivity index (χ0n) is 8.96. The molecule has 1 heterocycles. The third-order valence-corrected chi connectivity index (χ3v) is 3.58. The van der Waals surface area contributed by atoms with Crippen molar-refractivity contribution in [2.45, 2.75) is 13.5 Å². The number of hydrogen-bond acceptors (Lipinski definition) is 3. The summed E-state index contributed by atoms with van der Waals surface area (Å²) >= 11 is 7.72. The number of benzene rings is 1. The van der Waals surface area contributed by atoms with E-state index in [9.17, 15) is 0 Å². The molecule has 0 fully saturated rings. The molecule has 1 aromatic carbocycles. The van der Waals surface area contributed by atoms with Gasteiger partial charge in [0.25, 0.3) is 0 Å². The molecule has 1 aromatic heterocycles. The van der Waals surface area contributed by atoms with Crippen molar-refractivity contribution in [3.8, 4) is 0 Å². The number of rotatable bonds is 3. The molecule has 2 aromatic rings. The summed E-state index contributed by atoms with van der Waals surface area (Å²) in [6.45, 7) is 2.84. The van der Waals surface area contributed by atoms with Crippen molar-refractivity contribution in [2.24, 2.45) is 0 Å². The van der Waals surface area contributed by atoms with Crippen LogP contribution >= 0.6 is 22.9 Å². The van der Waals surface area contributed by atoms with Gasteiger partial charge in [-0.15, -0.1) is 11.3 Å². The average molecular weight is 253 g/mol. The van der Waals surface area contributed by atoms with Gasteiger partial charge in [0, 0.05) is 17.1 Å². The number of halogens is 1. The van der Waals surface area contributed by atoms with Crippen LogP contribution in [0, 0.1) is 6.92 Å². The molecule has 16 heavy (non-hydrogen) atoms. The Hall–Kier alpha value is -1.19. The van der Waals surface area contributed by atoms with Crippen LogP contribution in [0.4, 0.5) is 11.4 Å². The minimum Gasteiger partial charge on any atom is -0.398 e. The summed E-state index contributed by atoms with van der Waals surface area (Å²) in [4.78, 5) is 1.30. The molecule has 84 valence electrons. The normalized spacial score (nSPS) is 10.4. The van der Waals surface area contributed by atoms with Gasteiger partial charge < -0.3 is 11.1 Å². The van der Waals surface area contributed by atoms with Gasteiger partial charge in [-0.05, 0) is 36.1 Å². The Balaban J connectivity index is 2.12. The molecule has 2 rings (SSSR count). The summed E-state index contributed by atoms with van der Waals surface area (Å²) in [5.74, 6) is 0. The largest absolute Gasteiger partial charge is 0.398 e. The Morgan fingerprint density at radius 2 is 2.25 bits per heavy atom. The number of nitrogens with two attached hydrogens (primary N) is 1. The van der Waals surface area contributed by atoms with E-state index in [0.29, 0.717) is 10.7 Å². The van der Waals surface area contributed by atoms with Crippen molar-refractivity contribution in [3.05, 3.63) is 45.1 Å². The summed E-state index contributed by atoms with van der Waals surface area (Å²) in [7, 11) is 0. The third kappa shape index (κ3) is 2.49. The SMILES string of the molecule is Cc1cc(N)c(Cl)cc1NCc1cccs1. The van der Waals surface area contributed by atoms with Gasteiger partial charge in [-0.2, -0.15) is 0 Å². The fourth-order valence-electron chi connectivity index (χ4n) is 1.49. The van der Waals surface area contributed by atoms with Gasteiger partial charge in [0.05, 0.1) is 10.7 Å². The minimum atomic E-state index is 0.597. The zero-order chi connectivity index (χ0) is 11.5. The molecule has 2 nitrogen and oxygen atoms in total. The van der Waals surface area contributed by atoms with Gasteiger partial charge in [0.15, 0.2) is 0 Å². The molecule has 0 aliphatic rings. The molecule has 0 saturated heterocycles. The van der Waals surface area contributed by atoms with Crippen LogP contribution in [-0.4, -0.2) is 0 Å². The highest BCUT2D eigenvalue weighted by atomic mass is 35.5. The molecule has 0 bridgehead atoms. The van der Waals surface area contributed by atoms with E-state index in [4.69, 9.17) is 17.3 Å². The first kappa shape index (κ1) is 11.3. The van der Waals surface area contributed by atoms with Crippen LogP contribution in [0.1, 0.15) is 10.4 Å². The topological polar surface area (TPSA) is 38.0 Å². The van der Waals surface area contributed by atoms with Crippen LogP contribution in [0.3, 0.4) is 0 Å². The molecular formula is C12H13ClN2S. The first-order valence-corrected chi connectivity index (χ1v) is 6.24. The summed E-state index contributed by atoms with van der Waals surface area (Å²) < 4.78 is 0. The number of nitrogen functional groups attached to an aromatic ring is 1. The molecule has 0 aliphatic heterocycles. The fourth-order valence-corrected chi connectivity index (χ4v) is 2.30. The maximum Gasteiger partial charge on any atom is 0.0656 e. The smallest absolute Gasteiger partial charge is 0.0656 e. The van der Waals surface area contributed by atoms with Gasteiger partial charge in [0.2, 0.25) is 0 Å². The Bertz CT molecular complexity index is 480. The molecule has 0 saturated carbocycles. The van der Waals surface area contributed by atoms with Crippen molar-refractivity contribution < 1.29 is 0 Å². The van der Waals surface area contributed by atoms with Gasteiger partial charge in [-0.1, -0.05) is 17.7 Å². The highest BCUT2D eigenvalue weighted by Gasteiger charge is 2.03. The van der Waals surface area contributed by atoms with E-state index in [1.165, 1.54) is 4.88 Å². The molecule has 0 radical (unpaired) electrons. The van der Waals surface area contributed by atoms with E-state index in [0.717, 1.165) is 17.8 Å². The van der Waals surface area contributed by atoms with Crippen LogP contribution in [-0.2, 0) is 6.54 Å². The molecule has 0 spiro atoms. The van der Waals surface area contributed by atoms with Gasteiger partial charge in [0.1, 0.15) is 0 Å². The third-order valence-electron chi connectivity index (χ3n) is 2.38. The first-order chi connectivity index (χ1) is 7.66. The molecular weight excluding hydrogens is 240 g/mol. The Labute approximate surface area is 104 Å². The number of hydrogen-bond donors (Lipinski definition) is 2. The molecule has 0 atom stereocenters. The standard InChI is InChI=1S/C12H13ClN2S/c1-8-5-11(14)10(13)6-12(8)15-7-9-3-2-4-16-9/h2-6,15H,7,14H2,1H3. The fraction of sp³-hybridized carbons (Fsp3) is 0.167. The molecule has 4 heteroatoms. The lowest BCUT2D eigenvalue weighted by Gasteiger charge is -2.10. The zero-order valence-corrected chi connectivity index (χ0v) is 10.5. The van der Waals surface area contributed by atoms with Crippen molar-refractivity contribution in [2.75, 3.05) is 11.1 Å². The lowest BCUT2D eigenvalue weighted by Crippen LogP contribution is -2.00. The molecule has 0 amide bonds. The number of nitrogens with one attached hydrogen (secondary N) is 1. The number of thiophene rings is 1. The second-order valence-corrected chi connectivity index (χ2v) is 5.06. The van der Waals surface area contributed by atoms with E-state index >= 15 is 0 Å². The van der Waals surface area contributed by atoms with E-state index in [-0.39, 0.29) is 0 Å². The van der Waals surface area contributed by atoms with E-state index in [1.54, 1.807) is 11.3 Å².